The second-order valence-corrected chi connectivity index (χ2v) is 6.15. The lowest BCUT2D eigenvalue weighted by Crippen LogP contribution is -2.38. The van der Waals surface area contributed by atoms with Gasteiger partial charge in [-0.15, -0.1) is 0 Å². The molecular formula is C15H28N4. The molecule has 2 N–H and O–H groups in total. The van der Waals surface area contributed by atoms with Crippen molar-refractivity contribution < 1.29 is 0 Å². The Balaban J connectivity index is 2.11. The zero-order chi connectivity index (χ0) is 14.0. The summed E-state index contributed by atoms with van der Waals surface area (Å²) in [6, 6.07) is 0. The summed E-state index contributed by atoms with van der Waals surface area (Å²) in [6.45, 7) is 10.8. The van der Waals surface area contributed by atoms with Gasteiger partial charge < -0.3 is 10.6 Å². The maximum atomic E-state index is 6.04. The Hall–Kier alpha value is -0.870. The molecule has 0 aliphatic carbocycles. The third-order valence-corrected chi connectivity index (χ3v) is 4.48. The van der Waals surface area contributed by atoms with Gasteiger partial charge in [0.15, 0.2) is 0 Å². The number of likely N-dealkylation sites (tertiary alicyclic amines) is 1. The summed E-state index contributed by atoms with van der Waals surface area (Å²) in [5, 5.41) is 4.53. The predicted molar refractivity (Wildman–Crippen MR) is 79.3 cm³/mol. The van der Waals surface area contributed by atoms with Crippen molar-refractivity contribution in [2.45, 2.75) is 39.5 Å². The Kier molecular flexibility index (Phi) is 4.63. The highest BCUT2D eigenvalue weighted by molar-refractivity contribution is 5.29. The van der Waals surface area contributed by atoms with Crippen molar-refractivity contribution in [3.8, 4) is 0 Å². The first-order valence-corrected chi connectivity index (χ1v) is 7.45. The number of nitrogens with zero attached hydrogens (tertiary/aromatic N) is 3. The van der Waals surface area contributed by atoms with Crippen LogP contribution in [-0.2, 0) is 7.05 Å². The number of piperidine rings is 1. The van der Waals surface area contributed by atoms with Crippen molar-refractivity contribution in [1.29, 1.82) is 0 Å². The van der Waals surface area contributed by atoms with Crippen LogP contribution in [0.2, 0.25) is 0 Å². The molecule has 0 aromatic carbocycles. The van der Waals surface area contributed by atoms with Crippen LogP contribution < -0.4 is 5.73 Å². The van der Waals surface area contributed by atoms with Crippen molar-refractivity contribution in [2.75, 3.05) is 26.2 Å². The van der Waals surface area contributed by atoms with Gasteiger partial charge in [0, 0.05) is 43.9 Å². The molecule has 2 rings (SSSR count). The fourth-order valence-corrected chi connectivity index (χ4v) is 3.43. The largest absolute Gasteiger partial charge is 0.330 e. The molecule has 2 unspecified atom stereocenters. The van der Waals surface area contributed by atoms with Gasteiger partial charge in [-0.2, -0.15) is 5.10 Å². The first-order valence-electron chi connectivity index (χ1n) is 7.45. The van der Waals surface area contributed by atoms with E-state index in [-0.39, 0.29) is 0 Å². The molecule has 0 radical (unpaired) electrons. The average Bonchev–Trinajstić information content (AvgIpc) is 2.61. The van der Waals surface area contributed by atoms with Crippen molar-refractivity contribution in [2.24, 2.45) is 18.7 Å². The molecule has 0 spiro atoms. The van der Waals surface area contributed by atoms with Gasteiger partial charge >= 0.3 is 0 Å². The van der Waals surface area contributed by atoms with Gasteiger partial charge in [0.05, 0.1) is 5.69 Å². The highest BCUT2D eigenvalue weighted by atomic mass is 15.3. The number of rotatable bonds is 4. The molecule has 1 aliphatic rings. The van der Waals surface area contributed by atoms with Crippen LogP contribution in [-0.4, -0.2) is 40.9 Å². The normalized spacial score (nSPS) is 22.7. The minimum Gasteiger partial charge on any atom is -0.330 e. The SMILES string of the molecule is Cc1nn(C)c(C)c1C(CN)CN1CCCC(C)C1. The Morgan fingerprint density at radius 3 is 2.68 bits per heavy atom. The monoisotopic (exact) mass is 264 g/mol. The van der Waals surface area contributed by atoms with E-state index in [1.54, 1.807) is 0 Å². The molecule has 4 nitrogen and oxygen atoms in total. The van der Waals surface area contributed by atoms with Crippen molar-refractivity contribution in [3.05, 3.63) is 17.0 Å². The molecule has 0 bridgehead atoms. The standard InChI is InChI=1S/C15H28N4/c1-11-6-5-7-19(9-11)10-14(8-16)15-12(2)17-18(4)13(15)3/h11,14H,5-10,16H2,1-4H3. The third-order valence-electron chi connectivity index (χ3n) is 4.48. The molecule has 2 atom stereocenters. The minimum atomic E-state index is 0.416. The molecule has 2 heterocycles. The van der Waals surface area contributed by atoms with Crippen LogP contribution in [0.5, 0.6) is 0 Å². The predicted octanol–water partition coefficient (Wildman–Crippen LogP) is 1.81. The molecule has 4 heteroatoms. The number of aryl methyl sites for hydroxylation is 2. The zero-order valence-corrected chi connectivity index (χ0v) is 12.8. The Bertz CT molecular complexity index is 424. The highest BCUT2D eigenvalue weighted by Gasteiger charge is 2.24. The summed E-state index contributed by atoms with van der Waals surface area (Å²) in [4.78, 5) is 2.58. The van der Waals surface area contributed by atoms with E-state index in [2.05, 4.69) is 30.8 Å². The lowest BCUT2D eigenvalue weighted by molar-refractivity contribution is 0.174. The van der Waals surface area contributed by atoms with Gasteiger partial charge in [-0.1, -0.05) is 6.92 Å². The summed E-state index contributed by atoms with van der Waals surface area (Å²) in [7, 11) is 2.02. The quantitative estimate of drug-likeness (QED) is 0.902. The van der Waals surface area contributed by atoms with Gasteiger partial charge in [0.1, 0.15) is 0 Å². The lowest BCUT2D eigenvalue weighted by atomic mass is 9.94. The molecule has 1 aromatic rings. The molecular weight excluding hydrogens is 236 g/mol. The fraction of sp³-hybridized carbons (Fsp3) is 0.800. The van der Waals surface area contributed by atoms with E-state index in [0.29, 0.717) is 12.5 Å². The second-order valence-electron chi connectivity index (χ2n) is 6.15. The lowest BCUT2D eigenvalue weighted by Gasteiger charge is -2.33. The second kappa shape index (κ2) is 6.06. The topological polar surface area (TPSA) is 47.1 Å². The van der Waals surface area contributed by atoms with Crippen molar-refractivity contribution in [1.82, 2.24) is 14.7 Å². The summed E-state index contributed by atoms with van der Waals surface area (Å²) >= 11 is 0. The minimum absolute atomic E-state index is 0.416. The maximum absolute atomic E-state index is 6.04. The van der Waals surface area contributed by atoms with Gasteiger partial charge in [0.2, 0.25) is 0 Å². The van der Waals surface area contributed by atoms with Crippen LogP contribution in [0.4, 0.5) is 0 Å². The van der Waals surface area contributed by atoms with Crippen LogP contribution in [0.3, 0.4) is 0 Å². The van der Waals surface area contributed by atoms with Crippen LogP contribution in [0, 0.1) is 19.8 Å². The Morgan fingerprint density at radius 2 is 2.16 bits per heavy atom. The van der Waals surface area contributed by atoms with E-state index >= 15 is 0 Å². The number of hydrogen-bond donors (Lipinski definition) is 1. The van der Waals surface area contributed by atoms with Gasteiger partial charge in [-0.05, 0) is 39.2 Å². The molecule has 1 aromatic heterocycles. The van der Waals surface area contributed by atoms with Gasteiger partial charge in [-0.3, -0.25) is 4.68 Å². The van der Waals surface area contributed by atoms with Crippen LogP contribution in [0.25, 0.3) is 0 Å². The van der Waals surface area contributed by atoms with E-state index in [9.17, 15) is 0 Å². The molecule has 19 heavy (non-hydrogen) atoms. The van der Waals surface area contributed by atoms with Gasteiger partial charge in [-0.25, -0.2) is 0 Å². The molecule has 108 valence electrons. The summed E-state index contributed by atoms with van der Waals surface area (Å²) in [6.07, 6.45) is 2.69. The number of hydrogen-bond acceptors (Lipinski definition) is 3. The highest BCUT2D eigenvalue weighted by Crippen LogP contribution is 2.25. The maximum Gasteiger partial charge on any atom is 0.0632 e. The van der Waals surface area contributed by atoms with E-state index in [1.165, 1.54) is 37.2 Å². The van der Waals surface area contributed by atoms with E-state index in [4.69, 9.17) is 5.73 Å². The number of nitrogens with two attached hydrogens (primary N) is 1. The summed E-state index contributed by atoms with van der Waals surface area (Å²) in [5.41, 5.74) is 9.81. The average molecular weight is 264 g/mol. The summed E-state index contributed by atoms with van der Waals surface area (Å²) in [5.74, 6) is 1.24. The van der Waals surface area contributed by atoms with E-state index in [1.807, 2.05) is 11.7 Å². The molecule has 0 saturated carbocycles. The Labute approximate surface area is 117 Å². The van der Waals surface area contributed by atoms with Crippen LogP contribution in [0.1, 0.15) is 42.6 Å². The van der Waals surface area contributed by atoms with Crippen molar-refractivity contribution in [3.63, 3.8) is 0 Å². The first kappa shape index (κ1) is 14.5. The molecule has 0 amide bonds. The van der Waals surface area contributed by atoms with Crippen LogP contribution in [0.15, 0.2) is 0 Å². The first-order chi connectivity index (χ1) is 9.02. The summed E-state index contributed by atoms with van der Waals surface area (Å²) < 4.78 is 1.98. The van der Waals surface area contributed by atoms with E-state index < -0.39 is 0 Å². The Morgan fingerprint density at radius 1 is 1.42 bits per heavy atom. The van der Waals surface area contributed by atoms with E-state index in [0.717, 1.165) is 18.2 Å². The fourth-order valence-electron chi connectivity index (χ4n) is 3.43. The van der Waals surface area contributed by atoms with Gasteiger partial charge in [0.25, 0.3) is 0 Å². The smallest absolute Gasteiger partial charge is 0.0632 e. The zero-order valence-electron chi connectivity index (χ0n) is 12.8. The molecule has 1 aliphatic heterocycles. The molecule has 1 fully saturated rings. The number of aromatic nitrogens is 2. The van der Waals surface area contributed by atoms with Crippen LogP contribution >= 0.6 is 0 Å². The molecule has 1 saturated heterocycles. The third kappa shape index (κ3) is 3.18. The van der Waals surface area contributed by atoms with Crippen molar-refractivity contribution >= 4 is 0 Å².